The van der Waals surface area contributed by atoms with Crippen LogP contribution in [0.25, 0.3) is 0 Å². The van der Waals surface area contributed by atoms with Crippen LogP contribution in [0.2, 0.25) is 0 Å². The number of benzene rings is 1. The lowest BCUT2D eigenvalue weighted by atomic mass is 9.85. The summed E-state index contributed by atoms with van der Waals surface area (Å²) >= 11 is 0. The van der Waals surface area contributed by atoms with E-state index < -0.39 is 5.97 Å². The molecule has 0 aromatic heterocycles. The molecule has 2 saturated heterocycles. The van der Waals surface area contributed by atoms with Gasteiger partial charge in [-0.3, -0.25) is 4.79 Å². The molecule has 1 aromatic carbocycles. The molecule has 0 saturated carbocycles. The van der Waals surface area contributed by atoms with Gasteiger partial charge in [0.25, 0.3) is 0 Å². The Labute approximate surface area is 158 Å². The molecule has 1 N–H and O–H groups in total. The number of hydrogen-bond acceptors (Lipinski definition) is 6. The Morgan fingerprint density at radius 1 is 1.22 bits per heavy atom. The number of aliphatic hydroxyl groups is 1. The van der Waals surface area contributed by atoms with Crippen LogP contribution in [0.1, 0.15) is 18.4 Å². The van der Waals surface area contributed by atoms with Crippen molar-refractivity contribution in [1.29, 1.82) is 0 Å². The van der Waals surface area contributed by atoms with Gasteiger partial charge in [0.1, 0.15) is 12.3 Å². The van der Waals surface area contributed by atoms with E-state index in [0.29, 0.717) is 44.8 Å². The van der Waals surface area contributed by atoms with Gasteiger partial charge in [0.2, 0.25) is 5.91 Å². The van der Waals surface area contributed by atoms with Crippen LogP contribution in [0, 0.1) is 5.92 Å². The van der Waals surface area contributed by atoms with Crippen LogP contribution in [-0.2, 0) is 25.7 Å². The molecule has 1 amide bonds. The highest BCUT2D eigenvalue weighted by molar-refractivity contribution is 6.00. The Balaban J connectivity index is 1.54. The molecule has 144 valence electrons. The van der Waals surface area contributed by atoms with Gasteiger partial charge in [0.05, 0.1) is 25.2 Å². The highest BCUT2D eigenvalue weighted by atomic mass is 16.5. The van der Waals surface area contributed by atoms with Gasteiger partial charge in [-0.2, -0.15) is 0 Å². The summed E-state index contributed by atoms with van der Waals surface area (Å²) in [6.45, 7) is 2.76. The van der Waals surface area contributed by atoms with Crippen LogP contribution in [0.4, 0.5) is 0 Å². The number of nitrogens with zero attached hydrogens (tertiary/aromatic N) is 2. The standard InChI is InChI=1S/C20H24N2O5/c23-9-6-15-16-12-17(21-7-10-26-11-8-21)18(22(16)19(15)24)20(25)27-13-14-4-2-1-3-5-14/h1-5,15-16,23H,6-13H2. The zero-order valence-corrected chi connectivity index (χ0v) is 15.2. The third kappa shape index (κ3) is 3.33. The van der Waals surface area contributed by atoms with Crippen molar-refractivity contribution in [2.45, 2.75) is 25.5 Å². The zero-order valence-electron chi connectivity index (χ0n) is 15.2. The molecule has 7 nitrogen and oxygen atoms in total. The number of β-lactam (4-membered cyclic amide) rings is 1. The SMILES string of the molecule is O=C(OCc1ccccc1)C1=C(N2CCOCC2)CC2C(CCO)C(=O)N12. The molecule has 1 aromatic rings. The maximum Gasteiger partial charge on any atom is 0.357 e. The fourth-order valence-corrected chi connectivity index (χ4v) is 4.12. The number of carbonyl (C=O) groups excluding carboxylic acids is 2. The van der Waals surface area contributed by atoms with Crippen LogP contribution >= 0.6 is 0 Å². The maximum atomic E-state index is 12.9. The van der Waals surface area contributed by atoms with Crippen molar-refractivity contribution < 1.29 is 24.2 Å². The number of fused-ring (bicyclic) bond motifs is 1. The number of carbonyl (C=O) groups is 2. The number of aliphatic hydroxyl groups excluding tert-OH is 1. The molecular weight excluding hydrogens is 348 g/mol. The Hall–Kier alpha value is -2.38. The highest BCUT2D eigenvalue weighted by Gasteiger charge is 2.55. The largest absolute Gasteiger partial charge is 0.456 e. The number of ether oxygens (including phenoxy) is 2. The van der Waals surface area contributed by atoms with Crippen molar-refractivity contribution in [2.24, 2.45) is 5.92 Å². The molecule has 4 rings (SSSR count). The van der Waals surface area contributed by atoms with Gasteiger partial charge in [-0.1, -0.05) is 30.3 Å². The topological polar surface area (TPSA) is 79.3 Å². The van der Waals surface area contributed by atoms with Crippen LogP contribution in [0.5, 0.6) is 0 Å². The zero-order chi connectivity index (χ0) is 18.8. The van der Waals surface area contributed by atoms with E-state index in [1.165, 1.54) is 0 Å². The van der Waals surface area contributed by atoms with Gasteiger partial charge in [-0.05, 0) is 12.0 Å². The Bertz CT molecular complexity index is 742. The summed E-state index contributed by atoms with van der Waals surface area (Å²) in [7, 11) is 0. The van der Waals surface area contributed by atoms with Crippen LogP contribution in [0.3, 0.4) is 0 Å². The number of hydrogen-bond donors (Lipinski definition) is 1. The van der Waals surface area contributed by atoms with E-state index in [1.807, 2.05) is 30.3 Å². The van der Waals surface area contributed by atoms with Crippen molar-refractivity contribution in [3.05, 3.63) is 47.3 Å². The van der Waals surface area contributed by atoms with E-state index in [2.05, 4.69) is 4.90 Å². The third-order valence-electron chi connectivity index (χ3n) is 5.51. The van der Waals surface area contributed by atoms with Gasteiger partial charge in [-0.25, -0.2) is 4.79 Å². The molecular formula is C20H24N2O5. The molecule has 3 aliphatic heterocycles. The molecule has 2 fully saturated rings. The third-order valence-corrected chi connectivity index (χ3v) is 5.51. The normalized spacial score (nSPS) is 24.7. The minimum Gasteiger partial charge on any atom is -0.456 e. The minimum absolute atomic E-state index is 0.0264. The second-order valence-corrected chi connectivity index (χ2v) is 7.05. The summed E-state index contributed by atoms with van der Waals surface area (Å²) in [6, 6.07) is 9.44. The number of morpholine rings is 1. The Morgan fingerprint density at radius 2 is 1.96 bits per heavy atom. The number of esters is 1. The summed E-state index contributed by atoms with van der Waals surface area (Å²) < 4.78 is 10.9. The van der Waals surface area contributed by atoms with Gasteiger partial charge in [0.15, 0.2) is 0 Å². The first-order valence-corrected chi connectivity index (χ1v) is 9.41. The molecule has 3 heterocycles. The first-order chi connectivity index (χ1) is 13.2. The maximum absolute atomic E-state index is 12.9. The minimum atomic E-state index is -0.460. The van der Waals surface area contributed by atoms with E-state index >= 15 is 0 Å². The van der Waals surface area contributed by atoms with Crippen LogP contribution in [0.15, 0.2) is 41.7 Å². The fraction of sp³-hybridized carbons (Fsp3) is 0.500. The summed E-state index contributed by atoms with van der Waals surface area (Å²) in [5, 5.41) is 9.24. The second kappa shape index (κ2) is 7.70. The fourth-order valence-electron chi connectivity index (χ4n) is 4.12. The highest BCUT2D eigenvalue weighted by Crippen LogP contribution is 2.45. The smallest absolute Gasteiger partial charge is 0.357 e. The van der Waals surface area contributed by atoms with Gasteiger partial charge < -0.3 is 24.4 Å². The van der Waals surface area contributed by atoms with E-state index in [4.69, 9.17) is 9.47 Å². The lowest BCUT2D eigenvalue weighted by molar-refractivity contribution is -0.157. The summed E-state index contributed by atoms with van der Waals surface area (Å²) in [5.74, 6) is -0.770. The molecule has 0 radical (unpaired) electrons. The number of rotatable bonds is 6. The lowest BCUT2D eigenvalue weighted by Crippen LogP contribution is -2.58. The average molecular weight is 372 g/mol. The van der Waals surface area contributed by atoms with Crippen molar-refractivity contribution in [1.82, 2.24) is 9.80 Å². The molecule has 0 spiro atoms. The van der Waals surface area contributed by atoms with Crippen molar-refractivity contribution in [3.63, 3.8) is 0 Å². The van der Waals surface area contributed by atoms with Crippen molar-refractivity contribution >= 4 is 11.9 Å². The van der Waals surface area contributed by atoms with E-state index in [1.54, 1.807) is 4.90 Å². The summed E-state index contributed by atoms with van der Waals surface area (Å²) in [5.41, 5.74) is 2.15. The van der Waals surface area contributed by atoms with Gasteiger partial charge >= 0.3 is 5.97 Å². The number of amides is 1. The molecule has 0 aliphatic carbocycles. The van der Waals surface area contributed by atoms with E-state index in [9.17, 15) is 14.7 Å². The predicted octanol–water partition coefficient (Wildman–Crippen LogP) is 0.887. The van der Waals surface area contributed by atoms with E-state index in [-0.39, 0.29) is 31.1 Å². The van der Waals surface area contributed by atoms with Gasteiger partial charge in [-0.15, -0.1) is 0 Å². The molecule has 0 bridgehead atoms. The monoisotopic (exact) mass is 372 g/mol. The molecule has 2 unspecified atom stereocenters. The quantitative estimate of drug-likeness (QED) is 0.590. The van der Waals surface area contributed by atoms with Crippen molar-refractivity contribution in [2.75, 3.05) is 32.9 Å². The molecule has 3 aliphatic rings. The summed E-state index contributed by atoms with van der Waals surface area (Å²) in [6.07, 6.45) is 1.06. The van der Waals surface area contributed by atoms with Crippen LogP contribution < -0.4 is 0 Å². The first-order valence-electron chi connectivity index (χ1n) is 9.41. The summed E-state index contributed by atoms with van der Waals surface area (Å²) in [4.78, 5) is 29.2. The molecule has 2 atom stereocenters. The first kappa shape index (κ1) is 18.0. The van der Waals surface area contributed by atoms with E-state index in [0.717, 1.165) is 11.3 Å². The Kier molecular flexibility index (Phi) is 5.13. The average Bonchev–Trinajstić information content (AvgIpc) is 3.08. The Morgan fingerprint density at radius 3 is 2.67 bits per heavy atom. The van der Waals surface area contributed by atoms with Crippen molar-refractivity contribution in [3.8, 4) is 0 Å². The predicted molar refractivity (Wildman–Crippen MR) is 96.1 cm³/mol. The molecule has 7 heteroatoms. The second-order valence-electron chi connectivity index (χ2n) is 7.05. The van der Waals surface area contributed by atoms with Gasteiger partial charge in [0, 0.05) is 31.8 Å². The molecule has 27 heavy (non-hydrogen) atoms. The lowest BCUT2D eigenvalue weighted by Gasteiger charge is -2.43. The van der Waals surface area contributed by atoms with Crippen LogP contribution in [-0.4, -0.2) is 65.7 Å².